The van der Waals surface area contributed by atoms with E-state index in [4.69, 9.17) is 4.74 Å². The number of carbonyl (C=O) groups excluding carboxylic acids is 1. The number of sulfonamides is 1. The van der Waals surface area contributed by atoms with Crippen molar-refractivity contribution in [3.8, 4) is 5.75 Å². The number of ketones is 1. The minimum absolute atomic E-state index is 0.0644. The lowest BCUT2D eigenvalue weighted by atomic mass is 9.89. The van der Waals surface area contributed by atoms with E-state index in [1.807, 2.05) is 30.3 Å². The Bertz CT molecular complexity index is 897. The van der Waals surface area contributed by atoms with Gasteiger partial charge in [0.1, 0.15) is 5.75 Å². The third-order valence-corrected chi connectivity index (χ3v) is 6.36. The maximum Gasteiger partial charge on any atom is 0.236 e. The van der Waals surface area contributed by atoms with E-state index >= 15 is 0 Å². The predicted octanol–water partition coefficient (Wildman–Crippen LogP) is 3.59. The van der Waals surface area contributed by atoms with Gasteiger partial charge in [-0.3, -0.25) is 4.79 Å². The average molecular weight is 385 g/mol. The lowest BCUT2D eigenvalue weighted by Gasteiger charge is -2.29. The van der Waals surface area contributed by atoms with E-state index in [0.29, 0.717) is 37.2 Å². The molecule has 0 atom stereocenters. The van der Waals surface area contributed by atoms with Crippen molar-refractivity contribution in [2.45, 2.75) is 12.8 Å². The van der Waals surface area contributed by atoms with Gasteiger partial charge in [-0.1, -0.05) is 30.3 Å². The zero-order valence-corrected chi connectivity index (χ0v) is 16.1. The fourth-order valence-electron chi connectivity index (χ4n) is 3.18. The van der Waals surface area contributed by atoms with Crippen molar-refractivity contribution in [3.05, 3.63) is 71.1 Å². The predicted molar refractivity (Wildman–Crippen MR) is 106 cm³/mol. The van der Waals surface area contributed by atoms with Gasteiger partial charge in [-0.15, -0.1) is 0 Å². The summed E-state index contributed by atoms with van der Waals surface area (Å²) in [6.07, 6.45) is 2.66. The molecule has 6 heteroatoms. The summed E-state index contributed by atoms with van der Waals surface area (Å²) in [6.45, 7) is 0.710. The van der Waals surface area contributed by atoms with Crippen molar-refractivity contribution < 1.29 is 17.9 Å². The Balaban J connectivity index is 1.60. The summed E-state index contributed by atoms with van der Waals surface area (Å²) < 4.78 is 31.6. The fraction of sp³-hybridized carbons (Fsp3) is 0.286. The van der Waals surface area contributed by atoms with Crippen molar-refractivity contribution in [1.82, 2.24) is 4.31 Å². The highest BCUT2D eigenvalue weighted by Gasteiger charge is 2.30. The van der Waals surface area contributed by atoms with Crippen LogP contribution in [0.5, 0.6) is 5.75 Å². The number of ether oxygens (including phenoxy) is 1. The molecular weight excluding hydrogens is 362 g/mol. The average Bonchev–Trinajstić information content (AvgIpc) is 2.73. The zero-order valence-electron chi connectivity index (χ0n) is 15.2. The molecule has 3 rings (SSSR count). The van der Waals surface area contributed by atoms with E-state index in [1.165, 1.54) is 9.71 Å². The topological polar surface area (TPSA) is 63.7 Å². The Hall–Kier alpha value is -2.44. The quantitative estimate of drug-likeness (QED) is 0.713. The van der Waals surface area contributed by atoms with E-state index < -0.39 is 10.0 Å². The molecule has 142 valence electrons. The van der Waals surface area contributed by atoms with Crippen molar-refractivity contribution in [3.63, 3.8) is 0 Å². The molecule has 0 N–H and O–H groups in total. The van der Waals surface area contributed by atoms with Gasteiger partial charge in [-0.05, 0) is 48.7 Å². The second-order valence-electron chi connectivity index (χ2n) is 6.52. The molecule has 0 saturated carbocycles. The Labute approximate surface area is 160 Å². The molecule has 2 aromatic rings. The Morgan fingerprint density at radius 2 is 1.67 bits per heavy atom. The second kappa shape index (κ2) is 8.50. The monoisotopic (exact) mass is 385 g/mol. The van der Waals surface area contributed by atoms with Gasteiger partial charge in [0.15, 0.2) is 5.78 Å². The molecule has 1 heterocycles. The summed E-state index contributed by atoms with van der Waals surface area (Å²) in [4.78, 5) is 12.6. The number of piperidine rings is 1. The summed E-state index contributed by atoms with van der Waals surface area (Å²) in [5.74, 6) is 0.621. The number of Topliss-reactive ketones (excluding diaryl/α,β-unsaturated/α-hetero) is 1. The largest absolute Gasteiger partial charge is 0.497 e. The minimum Gasteiger partial charge on any atom is -0.497 e. The molecule has 27 heavy (non-hydrogen) atoms. The number of methoxy groups -OCH3 is 1. The Kier molecular flexibility index (Phi) is 6.08. The first kappa shape index (κ1) is 19.3. The molecule has 0 spiro atoms. The van der Waals surface area contributed by atoms with Gasteiger partial charge in [0.25, 0.3) is 0 Å². The van der Waals surface area contributed by atoms with Crippen LogP contribution in [0, 0.1) is 5.92 Å². The third kappa shape index (κ3) is 4.84. The van der Waals surface area contributed by atoms with Gasteiger partial charge >= 0.3 is 0 Å². The first-order valence-corrected chi connectivity index (χ1v) is 10.4. The molecular formula is C21H23NO4S. The van der Waals surface area contributed by atoms with Crippen LogP contribution in [-0.2, 0) is 10.0 Å². The van der Waals surface area contributed by atoms with Gasteiger partial charge in [0.05, 0.1) is 7.11 Å². The van der Waals surface area contributed by atoms with Crippen molar-refractivity contribution >= 4 is 21.9 Å². The minimum atomic E-state index is -3.48. The maximum absolute atomic E-state index is 12.6. The van der Waals surface area contributed by atoms with Crippen LogP contribution < -0.4 is 4.74 Å². The number of carbonyl (C=O) groups is 1. The van der Waals surface area contributed by atoms with Gasteiger partial charge in [0.2, 0.25) is 10.0 Å². The molecule has 1 aliphatic rings. The molecule has 0 bridgehead atoms. The van der Waals surface area contributed by atoms with Gasteiger partial charge in [0, 0.05) is 30.0 Å². The number of hydrogen-bond acceptors (Lipinski definition) is 4. The molecule has 0 aliphatic carbocycles. The third-order valence-electron chi connectivity index (χ3n) is 4.79. The molecule has 0 unspecified atom stereocenters. The van der Waals surface area contributed by atoms with Crippen molar-refractivity contribution in [1.29, 1.82) is 0 Å². The smallest absolute Gasteiger partial charge is 0.236 e. The fourth-order valence-corrected chi connectivity index (χ4v) is 4.40. The standard InChI is InChI=1S/C21H23NO4S/c1-26-20-9-7-18(8-10-20)21(23)19-11-14-22(15-12-19)27(24,25)16-13-17-5-3-2-4-6-17/h2-10,13,16,19H,11-12,14-15H2,1H3/b16-13+. The van der Waals surface area contributed by atoms with Crippen molar-refractivity contribution in [2.24, 2.45) is 5.92 Å². The Morgan fingerprint density at radius 3 is 2.26 bits per heavy atom. The molecule has 1 fully saturated rings. The summed E-state index contributed by atoms with van der Waals surface area (Å²) in [7, 11) is -1.90. The van der Waals surface area contributed by atoms with Gasteiger partial charge in [-0.25, -0.2) is 8.42 Å². The number of nitrogens with zero attached hydrogens (tertiary/aromatic N) is 1. The van der Waals surface area contributed by atoms with E-state index in [0.717, 1.165) is 5.56 Å². The highest BCUT2D eigenvalue weighted by Crippen LogP contribution is 2.25. The number of hydrogen-bond donors (Lipinski definition) is 0. The van der Waals surface area contributed by atoms with Crippen LogP contribution in [0.1, 0.15) is 28.8 Å². The van der Waals surface area contributed by atoms with Crippen LogP contribution in [0.4, 0.5) is 0 Å². The highest BCUT2D eigenvalue weighted by molar-refractivity contribution is 7.92. The number of benzene rings is 2. The number of rotatable bonds is 6. The normalized spacial score (nSPS) is 16.5. The lowest BCUT2D eigenvalue weighted by Crippen LogP contribution is -2.39. The second-order valence-corrected chi connectivity index (χ2v) is 8.34. The van der Waals surface area contributed by atoms with Crippen LogP contribution in [0.25, 0.3) is 6.08 Å². The summed E-state index contributed by atoms with van der Waals surface area (Å²) in [5.41, 5.74) is 1.48. The van der Waals surface area contributed by atoms with Crippen molar-refractivity contribution in [2.75, 3.05) is 20.2 Å². The van der Waals surface area contributed by atoms with E-state index in [-0.39, 0.29) is 11.7 Å². The van der Waals surface area contributed by atoms with Gasteiger partial charge in [-0.2, -0.15) is 4.31 Å². The molecule has 0 radical (unpaired) electrons. The van der Waals surface area contributed by atoms with Gasteiger partial charge < -0.3 is 4.74 Å². The highest BCUT2D eigenvalue weighted by atomic mass is 32.2. The molecule has 1 aliphatic heterocycles. The maximum atomic E-state index is 12.6. The van der Waals surface area contributed by atoms with E-state index in [9.17, 15) is 13.2 Å². The van der Waals surface area contributed by atoms with Crippen LogP contribution in [0.3, 0.4) is 0 Å². The zero-order chi connectivity index (χ0) is 19.3. The molecule has 2 aromatic carbocycles. The molecule has 1 saturated heterocycles. The summed E-state index contributed by atoms with van der Waals surface area (Å²) in [5, 5.41) is 1.24. The first-order chi connectivity index (χ1) is 13.0. The first-order valence-electron chi connectivity index (χ1n) is 8.91. The summed E-state index contributed by atoms with van der Waals surface area (Å²) in [6, 6.07) is 16.4. The van der Waals surface area contributed by atoms with E-state index in [2.05, 4.69) is 0 Å². The molecule has 0 aromatic heterocycles. The Morgan fingerprint density at radius 1 is 1.04 bits per heavy atom. The molecule has 5 nitrogen and oxygen atoms in total. The SMILES string of the molecule is COc1ccc(C(=O)C2CCN(S(=O)(=O)/C=C/c3ccccc3)CC2)cc1. The van der Waals surface area contributed by atoms with Crippen LogP contribution in [-0.4, -0.2) is 38.7 Å². The summed E-state index contributed by atoms with van der Waals surface area (Å²) >= 11 is 0. The van der Waals surface area contributed by atoms with Crippen LogP contribution in [0.2, 0.25) is 0 Å². The molecule has 0 amide bonds. The van der Waals surface area contributed by atoms with E-state index in [1.54, 1.807) is 37.5 Å². The van der Waals surface area contributed by atoms with Crippen LogP contribution in [0.15, 0.2) is 60.0 Å². The van der Waals surface area contributed by atoms with Crippen LogP contribution >= 0.6 is 0 Å². The lowest BCUT2D eigenvalue weighted by molar-refractivity contribution is 0.0875.